The van der Waals surface area contributed by atoms with Crippen LogP contribution in [0.3, 0.4) is 0 Å². The standard InChI is InChI=1S/C18H16BrN5O3S2/c1-21-18(28)23-22-17(25)16(9-12-4-2-5-13(8-12)11-20)24-29(26,27)15-7-3-6-14(19)10-15/h2-10,24H,1H3,(H,22,25)(H2,21,23,28)/b16-9+. The van der Waals surface area contributed by atoms with Gasteiger partial charge in [-0.2, -0.15) is 5.26 Å². The average Bonchev–Trinajstić information content (AvgIpc) is 2.71. The molecule has 29 heavy (non-hydrogen) atoms. The van der Waals surface area contributed by atoms with Crippen molar-refractivity contribution in [1.82, 2.24) is 20.9 Å². The van der Waals surface area contributed by atoms with Gasteiger partial charge in [0.05, 0.1) is 16.5 Å². The molecule has 0 bridgehead atoms. The highest BCUT2D eigenvalue weighted by Crippen LogP contribution is 2.17. The molecule has 1 amide bonds. The Hall–Kier alpha value is -2.94. The number of rotatable bonds is 5. The summed E-state index contributed by atoms with van der Waals surface area (Å²) >= 11 is 8.11. The molecule has 0 radical (unpaired) electrons. The third kappa shape index (κ3) is 6.56. The minimum atomic E-state index is -4.06. The summed E-state index contributed by atoms with van der Waals surface area (Å²) in [6.45, 7) is 0. The van der Waals surface area contributed by atoms with Gasteiger partial charge in [-0.1, -0.05) is 34.1 Å². The quantitative estimate of drug-likeness (QED) is 0.284. The molecule has 0 saturated carbocycles. The van der Waals surface area contributed by atoms with Crippen LogP contribution < -0.4 is 20.9 Å². The number of nitrogens with one attached hydrogen (secondary N) is 4. The first-order valence-corrected chi connectivity index (χ1v) is 10.7. The van der Waals surface area contributed by atoms with Gasteiger partial charge in [-0.05, 0) is 54.2 Å². The molecule has 0 heterocycles. The zero-order valence-electron chi connectivity index (χ0n) is 15.1. The van der Waals surface area contributed by atoms with Crippen molar-refractivity contribution >= 4 is 55.3 Å². The zero-order chi connectivity index (χ0) is 21.4. The minimum Gasteiger partial charge on any atom is -0.364 e. The Labute approximate surface area is 182 Å². The molecule has 0 aliphatic rings. The topological polar surface area (TPSA) is 123 Å². The van der Waals surface area contributed by atoms with Crippen molar-refractivity contribution in [3.8, 4) is 6.07 Å². The van der Waals surface area contributed by atoms with Crippen LogP contribution in [0.1, 0.15) is 11.1 Å². The molecule has 0 unspecified atom stereocenters. The van der Waals surface area contributed by atoms with E-state index in [4.69, 9.17) is 17.5 Å². The van der Waals surface area contributed by atoms with E-state index in [1.165, 1.54) is 24.3 Å². The fraction of sp³-hybridized carbons (Fsp3) is 0.0556. The van der Waals surface area contributed by atoms with Crippen LogP contribution in [-0.2, 0) is 14.8 Å². The molecule has 0 aliphatic heterocycles. The van der Waals surface area contributed by atoms with E-state index in [0.29, 0.717) is 15.6 Å². The van der Waals surface area contributed by atoms with Crippen LogP contribution in [0.5, 0.6) is 0 Å². The molecule has 150 valence electrons. The summed E-state index contributed by atoms with van der Waals surface area (Å²) in [7, 11) is -2.50. The predicted molar refractivity (Wildman–Crippen MR) is 117 cm³/mol. The van der Waals surface area contributed by atoms with Crippen molar-refractivity contribution in [2.75, 3.05) is 7.05 Å². The Morgan fingerprint density at radius 3 is 2.55 bits per heavy atom. The van der Waals surface area contributed by atoms with Crippen molar-refractivity contribution in [2.45, 2.75) is 4.90 Å². The fourth-order valence-corrected chi connectivity index (χ4v) is 3.79. The number of carbonyl (C=O) groups excluding carboxylic acids is 1. The number of nitriles is 1. The van der Waals surface area contributed by atoms with Gasteiger partial charge in [-0.25, -0.2) is 8.42 Å². The van der Waals surface area contributed by atoms with Crippen LogP contribution in [0.4, 0.5) is 0 Å². The summed E-state index contributed by atoms with van der Waals surface area (Å²) in [6, 6.07) is 14.4. The summed E-state index contributed by atoms with van der Waals surface area (Å²) < 4.78 is 28.3. The van der Waals surface area contributed by atoms with Crippen molar-refractivity contribution in [1.29, 1.82) is 5.26 Å². The van der Waals surface area contributed by atoms with Gasteiger partial charge in [0.25, 0.3) is 15.9 Å². The molecule has 2 aromatic rings. The lowest BCUT2D eigenvalue weighted by Gasteiger charge is -2.14. The molecule has 0 fully saturated rings. The number of hydrazine groups is 1. The number of hydrogen-bond donors (Lipinski definition) is 4. The van der Waals surface area contributed by atoms with E-state index in [2.05, 4.69) is 36.8 Å². The van der Waals surface area contributed by atoms with E-state index in [1.54, 1.807) is 37.4 Å². The maximum Gasteiger partial charge on any atom is 0.286 e. The van der Waals surface area contributed by atoms with Crippen LogP contribution in [0.25, 0.3) is 6.08 Å². The average molecular weight is 494 g/mol. The van der Waals surface area contributed by atoms with Gasteiger partial charge in [0.2, 0.25) is 0 Å². The second-order valence-corrected chi connectivity index (χ2v) is 8.52. The highest BCUT2D eigenvalue weighted by molar-refractivity contribution is 9.10. The van der Waals surface area contributed by atoms with Gasteiger partial charge in [0, 0.05) is 11.5 Å². The third-order valence-corrected chi connectivity index (χ3v) is 5.60. The minimum absolute atomic E-state index is 0.0324. The molecule has 0 saturated heterocycles. The number of halogens is 1. The van der Waals surface area contributed by atoms with Crippen molar-refractivity contribution < 1.29 is 13.2 Å². The van der Waals surface area contributed by atoms with Crippen LogP contribution in [0, 0.1) is 11.3 Å². The lowest BCUT2D eigenvalue weighted by atomic mass is 10.1. The number of thiocarbonyl (C=S) groups is 1. The van der Waals surface area contributed by atoms with Gasteiger partial charge < -0.3 is 5.32 Å². The van der Waals surface area contributed by atoms with Gasteiger partial charge >= 0.3 is 0 Å². The summed E-state index contributed by atoms with van der Waals surface area (Å²) in [5.74, 6) is -0.775. The zero-order valence-corrected chi connectivity index (χ0v) is 18.3. The van der Waals surface area contributed by atoms with Crippen LogP contribution in [0.2, 0.25) is 0 Å². The second-order valence-electron chi connectivity index (χ2n) is 5.52. The summed E-state index contributed by atoms with van der Waals surface area (Å²) in [5, 5.41) is 11.8. The summed E-state index contributed by atoms with van der Waals surface area (Å²) in [6.07, 6.45) is 1.32. The van der Waals surface area contributed by atoms with Crippen molar-refractivity contribution in [3.05, 3.63) is 69.8 Å². The Balaban J connectivity index is 2.40. The maximum absolute atomic E-state index is 12.7. The molecular weight excluding hydrogens is 478 g/mol. The van der Waals surface area contributed by atoms with Crippen LogP contribution in [0.15, 0.2) is 63.6 Å². The monoisotopic (exact) mass is 493 g/mol. The number of hydrogen-bond acceptors (Lipinski definition) is 5. The number of carbonyl (C=O) groups is 1. The first-order chi connectivity index (χ1) is 13.7. The molecule has 2 rings (SSSR count). The summed E-state index contributed by atoms with van der Waals surface area (Å²) in [4.78, 5) is 12.5. The van der Waals surface area contributed by atoms with E-state index >= 15 is 0 Å². The van der Waals surface area contributed by atoms with E-state index in [9.17, 15) is 13.2 Å². The number of amides is 1. The van der Waals surface area contributed by atoms with Crippen LogP contribution >= 0.6 is 28.1 Å². The molecule has 0 spiro atoms. The van der Waals surface area contributed by atoms with Gasteiger partial charge in [0.1, 0.15) is 5.70 Å². The van der Waals surface area contributed by atoms with Gasteiger partial charge in [-0.3, -0.25) is 20.4 Å². The van der Waals surface area contributed by atoms with Crippen molar-refractivity contribution in [3.63, 3.8) is 0 Å². The number of benzene rings is 2. The lowest BCUT2D eigenvalue weighted by molar-refractivity contribution is -0.118. The van der Waals surface area contributed by atoms with Gasteiger partial charge in [0.15, 0.2) is 5.11 Å². The highest BCUT2D eigenvalue weighted by atomic mass is 79.9. The van der Waals surface area contributed by atoms with Crippen LogP contribution in [-0.4, -0.2) is 26.5 Å². The Kier molecular flexibility index (Phi) is 7.72. The predicted octanol–water partition coefficient (Wildman–Crippen LogP) is 1.77. The first-order valence-electron chi connectivity index (χ1n) is 8.03. The van der Waals surface area contributed by atoms with Crippen molar-refractivity contribution in [2.24, 2.45) is 0 Å². The Bertz CT molecular complexity index is 1110. The van der Waals surface area contributed by atoms with E-state index in [1.807, 2.05) is 6.07 Å². The summed E-state index contributed by atoms with van der Waals surface area (Å²) in [5.41, 5.74) is 5.30. The first kappa shape index (κ1) is 22.4. The molecule has 4 N–H and O–H groups in total. The maximum atomic E-state index is 12.7. The fourth-order valence-electron chi connectivity index (χ4n) is 2.09. The SMILES string of the molecule is CNC(=S)NNC(=O)/C(=C\c1cccc(C#N)c1)NS(=O)(=O)c1cccc(Br)c1. The highest BCUT2D eigenvalue weighted by Gasteiger charge is 2.20. The third-order valence-electron chi connectivity index (χ3n) is 3.44. The molecular formula is C18H16BrN5O3S2. The molecule has 11 heteroatoms. The smallest absolute Gasteiger partial charge is 0.286 e. The van der Waals surface area contributed by atoms with E-state index < -0.39 is 15.9 Å². The normalized spacial score (nSPS) is 11.1. The molecule has 8 nitrogen and oxygen atoms in total. The molecule has 0 aromatic heterocycles. The number of nitrogens with zero attached hydrogens (tertiary/aromatic N) is 1. The number of sulfonamides is 1. The molecule has 2 aromatic carbocycles. The largest absolute Gasteiger partial charge is 0.364 e. The van der Waals surface area contributed by atoms with Gasteiger partial charge in [-0.15, -0.1) is 0 Å². The Morgan fingerprint density at radius 2 is 1.90 bits per heavy atom. The molecule has 0 aliphatic carbocycles. The van der Waals surface area contributed by atoms with E-state index in [0.717, 1.165) is 0 Å². The van der Waals surface area contributed by atoms with E-state index in [-0.39, 0.29) is 15.7 Å². The molecule has 0 atom stereocenters. The second kappa shape index (κ2) is 10.0. The lowest BCUT2D eigenvalue weighted by Crippen LogP contribution is -2.48. The Morgan fingerprint density at radius 1 is 1.17 bits per heavy atom.